The first-order valence-electron chi connectivity index (χ1n) is 9.11. The Hall–Kier alpha value is -1.75. The predicted molar refractivity (Wildman–Crippen MR) is 91.1 cm³/mol. The summed E-state index contributed by atoms with van der Waals surface area (Å²) in [5, 5.41) is 0. The second kappa shape index (κ2) is 6.63. The van der Waals surface area contributed by atoms with E-state index in [1.807, 2.05) is 0 Å². The zero-order valence-electron chi connectivity index (χ0n) is 14.4. The molecule has 1 saturated carbocycles. The first-order valence-corrected chi connectivity index (χ1v) is 9.11. The van der Waals surface area contributed by atoms with Crippen LogP contribution in [0.1, 0.15) is 36.8 Å². The first kappa shape index (κ1) is 15.8. The van der Waals surface area contributed by atoms with Gasteiger partial charge in [0, 0.05) is 38.6 Å². The molecule has 1 aromatic carbocycles. The lowest BCUT2D eigenvalue weighted by atomic mass is 9.84. The van der Waals surface area contributed by atoms with E-state index < -0.39 is 0 Å². The summed E-state index contributed by atoms with van der Waals surface area (Å²) in [5.74, 6) is 2.41. The van der Waals surface area contributed by atoms with E-state index in [2.05, 4.69) is 28.9 Å². The highest BCUT2D eigenvalue weighted by atomic mass is 16.7. The van der Waals surface area contributed by atoms with E-state index in [1.165, 1.54) is 17.5 Å². The molecule has 1 saturated heterocycles. The maximum Gasteiger partial charge on any atom is 0.231 e. The van der Waals surface area contributed by atoms with Crippen LogP contribution in [0, 0.1) is 12.8 Å². The van der Waals surface area contributed by atoms with Gasteiger partial charge in [-0.1, -0.05) is 6.42 Å². The van der Waals surface area contributed by atoms with Gasteiger partial charge in [0.2, 0.25) is 12.7 Å². The molecule has 0 atom stereocenters. The van der Waals surface area contributed by atoms with Gasteiger partial charge in [0.25, 0.3) is 0 Å². The molecule has 2 heterocycles. The predicted octanol–water partition coefficient (Wildman–Crippen LogP) is 2.56. The SMILES string of the molecule is Cc1cc2c(cc1CN1CCCN(C(=O)C3CCC3)CC1)OCO2. The van der Waals surface area contributed by atoms with Crippen molar-refractivity contribution in [2.24, 2.45) is 5.92 Å². The van der Waals surface area contributed by atoms with Crippen LogP contribution in [0.25, 0.3) is 0 Å². The lowest BCUT2D eigenvalue weighted by Crippen LogP contribution is -2.41. The zero-order chi connectivity index (χ0) is 16.5. The van der Waals surface area contributed by atoms with Crippen LogP contribution >= 0.6 is 0 Å². The van der Waals surface area contributed by atoms with Crippen LogP contribution in [0.3, 0.4) is 0 Å². The van der Waals surface area contributed by atoms with Gasteiger partial charge in [-0.25, -0.2) is 0 Å². The number of fused-ring (bicyclic) bond motifs is 1. The Morgan fingerprint density at radius 1 is 1.08 bits per heavy atom. The Kier molecular flexibility index (Phi) is 4.35. The highest BCUT2D eigenvalue weighted by Crippen LogP contribution is 2.35. The van der Waals surface area contributed by atoms with Crippen molar-refractivity contribution in [3.8, 4) is 11.5 Å². The van der Waals surface area contributed by atoms with Gasteiger partial charge in [-0.15, -0.1) is 0 Å². The number of amides is 1. The summed E-state index contributed by atoms with van der Waals surface area (Å²) in [4.78, 5) is 17.0. The van der Waals surface area contributed by atoms with Crippen molar-refractivity contribution < 1.29 is 14.3 Å². The molecule has 5 heteroatoms. The van der Waals surface area contributed by atoms with Gasteiger partial charge in [0.1, 0.15) is 0 Å². The fourth-order valence-corrected chi connectivity index (χ4v) is 3.76. The average Bonchev–Trinajstić information content (AvgIpc) is 2.82. The van der Waals surface area contributed by atoms with Gasteiger partial charge in [-0.05, 0) is 49.4 Å². The smallest absolute Gasteiger partial charge is 0.231 e. The van der Waals surface area contributed by atoms with Gasteiger partial charge >= 0.3 is 0 Å². The quantitative estimate of drug-likeness (QED) is 0.854. The molecule has 0 bridgehead atoms. The third kappa shape index (κ3) is 3.09. The number of carbonyl (C=O) groups excluding carboxylic acids is 1. The number of hydrogen-bond donors (Lipinski definition) is 0. The molecule has 2 fully saturated rings. The van der Waals surface area contributed by atoms with Gasteiger partial charge in [-0.3, -0.25) is 9.69 Å². The van der Waals surface area contributed by atoms with E-state index >= 15 is 0 Å². The summed E-state index contributed by atoms with van der Waals surface area (Å²) >= 11 is 0. The van der Waals surface area contributed by atoms with Crippen molar-refractivity contribution in [1.29, 1.82) is 0 Å². The van der Waals surface area contributed by atoms with Crippen LogP contribution < -0.4 is 9.47 Å². The van der Waals surface area contributed by atoms with Gasteiger partial charge in [0.05, 0.1) is 0 Å². The van der Waals surface area contributed by atoms with E-state index in [9.17, 15) is 4.79 Å². The summed E-state index contributed by atoms with van der Waals surface area (Å²) in [6, 6.07) is 4.18. The molecule has 1 aliphatic carbocycles. The van der Waals surface area contributed by atoms with Crippen molar-refractivity contribution in [3.63, 3.8) is 0 Å². The molecule has 2 aliphatic heterocycles. The Balaban J connectivity index is 1.38. The number of benzene rings is 1. The number of nitrogens with zero attached hydrogens (tertiary/aromatic N) is 2. The highest BCUT2D eigenvalue weighted by Gasteiger charge is 2.30. The fraction of sp³-hybridized carbons (Fsp3) is 0.632. The van der Waals surface area contributed by atoms with Gasteiger partial charge in [0.15, 0.2) is 11.5 Å². The largest absolute Gasteiger partial charge is 0.454 e. The minimum absolute atomic E-state index is 0.313. The Labute approximate surface area is 143 Å². The van der Waals surface area contributed by atoms with Crippen molar-refractivity contribution in [2.75, 3.05) is 33.0 Å². The molecule has 4 rings (SSSR count). The Morgan fingerprint density at radius 2 is 1.88 bits per heavy atom. The molecule has 0 radical (unpaired) electrons. The minimum atomic E-state index is 0.313. The summed E-state index contributed by atoms with van der Waals surface area (Å²) in [6.45, 7) is 7.12. The first-order chi connectivity index (χ1) is 11.7. The standard InChI is InChI=1S/C19H26N2O3/c1-14-10-17-18(24-13-23-17)11-16(14)12-20-6-3-7-21(9-8-20)19(22)15-4-2-5-15/h10-11,15H,2-9,12-13H2,1H3. The van der Waals surface area contributed by atoms with Gasteiger partial charge < -0.3 is 14.4 Å². The molecule has 24 heavy (non-hydrogen) atoms. The van der Waals surface area contributed by atoms with Gasteiger partial charge in [-0.2, -0.15) is 0 Å². The van der Waals surface area contributed by atoms with Crippen LogP contribution in [-0.4, -0.2) is 48.7 Å². The number of rotatable bonds is 3. The topological polar surface area (TPSA) is 42.0 Å². The molecule has 0 spiro atoms. The number of aryl methyl sites for hydroxylation is 1. The molecule has 1 aromatic rings. The number of hydrogen-bond acceptors (Lipinski definition) is 4. The summed E-state index contributed by atoms with van der Waals surface area (Å²) in [5.41, 5.74) is 2.53. The lowest BCUT2D eigenvalue weighted by Gasteiger charge is -2.31. The highest BCUT2D eigenvalue weighted by molar-refractivity contribution is 5.79. The fourth-order valence-electron chi connectivity index (χ4n) is 3.76. The van der Waals surface area contributed by atoms with Crippen LogP contribution in [0.2, 0.25) is 0 Å². The van der Waals surface area contributed by atoms with Crippen LogP contribution in [-0.2, 0) is 11.3 Å². The molecular formula is C19H26N2O3. The summed E-state index contributed by atoms with van der Waals surface area (Å²) in [6.07, 6.45) is 4.46. The monoisotopic (exact) mass is 330 g/mol. The van der Waals surface area contributed by atoms with Crippen molar-refractivity contribution in [3.05, 3.63) is 23.3 Å². The second-order valence-electron chi connectivity index (χ2n) is 7.21. The van der Waals surface area contributed by atoms with Crippen molar-refractivity contribution in [2.45, 2.75) is 39.2 Å². The van der Waals surface area contributed by atoms with E-state index in [0.717, 1.165) is 63.5 Å². The third-order valence-corrected chi connectivity index (χ3v) is 5.58. The minimum Gasteiger partial charge on any atom is -0.454 e. The maximum absolute atomic E-state index is 12.5. The lowest BCUT2D eigenvalue weighted by molar-refractivity contribution is -0.138. The van der Waals surface area contributed by atoms with E-state index in [-0.39, 0.29) is 0 Å². The molecule has 0 N–H and O–H groups in total. The van der Waals surface area contributed by atoms with Crippen molar-refractivity contribution in [1.82, 2.24) is 9.80 Å². The second-order valence-corrected chi connectivity index (χ2v) is 7.21. The van der Waals surface area contributed by atoms with Crippen LogP contribution in [0.5, 0.6) is 11.5 Å². The molecule has 1 amide bonds. The zero-order valence-corrected chi connectivity index (χ0v) is 14.4. The maximum atomic E-state index is 12.5. The van der Waals surface area contributed by atoms with Crippen LogP contribution in [0.4, 0.5) is 0 Å². The molecule has 0 unspecified atom stereocenters. The molecular weight excluding hydrogens is 304 g/mol. The Morgan fingerprint density at radius 3 is 2.62 bits per heavy atom. The number of ether oxygens (including phenoxy) is 2. The molecule has 5 nitrogen and oxygen atoms in total. The average molecular weight is 330 g/mol. The number of carbonyl (C=O) groups is 1. The third-order valence-electron chi connectivity index (χ3n) is 5.58. The molecule has 130 valence electrons. The van der Waals surface area contributed by atoms with Crippen LogP contribution in [0.15, 0.2) is 12.1 Å². The Bertz CT molecular complexity index is 627. The van der Waals surface area contributed by atoms with Crippen molar-refractivity contribution >= 4 is 5.91 Å². The summed E-state index contributed by atoms with van der Waals surface area (Å²) in [7, 11) is 0. The summed E-state index contributed by atoms with van der Waals surface area (Å²) < 4.78 is 11.0. The van der Waals surface area contributed by atoms with E-state index in [1.54, 1.807) is 0 Å². The van der Waals surface area contributed by atoms with E-state index in [0.29, 0.717) is 18.6 Å². The normalized spacial score (nSPS) is 21.5. The molecule has 0 aromatic heterocycles. The molecule has 3 aliphatic rings. The van der Waals surface area contributed by atoms with E-state index in [4.69, 9.17) is 9.47 Å².